The van der Waals surface area contributed by atoms with Crippen LogP contribution in [-0.4, -0.2) is 71.2 Å². The van der Waals surface area contributed by atoms with Crippen molar-refractivity contribution in [3.05, 3.63) is 53.8 Å². The van der Waals surface area contributed by atoms with Gasteiger partial charge in [-0.3, -0.25) is 4.79 Å². The van der Waals surface area contributed by atoms with Crippen molar-refractivity contribution in [2.24, 2.45) is 0 Å². The molecule has 34 heavy (non-hydrogen) atoms. The first kappa shape index (κ1) is 24.4. The van der Waals surface area contributed by atoms with Gasteiger partial charge in [0.2, 0.25) is 10.0 Å². The molecule has 2 heterocycles. The van der Waals surface area contributed by atoms with Gasteiger partial charge in [0.25, 0.3) is 5.91 Å². The standard InChI is InChI=1S/C24H30FN3O5S/c25-19-4-6-20(7-5-19)33-15-10-26-24(29)22-18-21(34(30,31)28-13-16-32-17-14-28)8-9-23(22)27-11-2-1-3-12-27/h4-9,18H,1-3,10-17H2,(H,26,29). The molecule has 2 aliphatic rings. The fourth-order valence-electron chi connectivity index (χ4n) is 4.16. The lowest BCUT2D eigenvalue weighted by Gasteiger charge is -2.31. The van der Waals surface area contributed by atoms with E-state index in [9.17, 15) is 17.6 Å². The summed E-state index contributed by atoms with van der Waals surface area (Å²) in [5.41, 5.74) is 1.07. The third-order valence-electron chi connectivity index (χ3n) is 5.99. The molecule has 2 aliphatic heterocycles. The highest BCUT2D eigenvalue weighted by Gasteiger charge is 2.28. The molecule has 184 valence electrons. The number of nitrogens with one attached hydrogen (secondary N) is 1. The third kappa shape index (κ3) is 5.86. The number of carbonyl (C=O) groups excluding carboxylic acids is 1. The first-order chi connectivity index (χ1) is 16.4. The molecule has 10 heteroatoms. The van der Waals surface area contributed by atoms with Crippen LogP contribution in [0.15, 0.2) is 47.4 Å². The van der Waals surface area contributed by atoms with E-state index in [-0.39, 0.29) is 29.8 Å². The van der Waals surface area contributed by atoms with Crippen LogP contribution >= 0.6 is 0 Å². The van der Waals surface area contributed by atoms with Crippen LogP contribution in [0, 0.1) is 5.82 Å². The number of halogens is 1. The largest absolute Gasteiger partial charge is 0.492 e. The monoisotopic (exact) mass is 491 g/mol. The second-order valence-electron chi connectivity index (χ2n) is 8.30. The van der Waals surface area contributed by atoms with Crippen LogP contribution in [0.2, 0.25) is 0 Å². The van der Waals surface area contributed by atoms with Crippen LogP contribution in [0.5, 0.6) is 5.75 Å². The molecule has 2 aromatic rings. The lowest BCUT2D eigenvalue weighted by Crippen LogP contribution is -2.40. The Morgan fingerprint density at radius 1 is 1.00 bits per heavy atom. The van der Waals surface area contributed by atoms with Gasteiger partial charge in [0.1, 0.15) is 18.2 Å². The Bertz CT molecular complexity index is 1080. The SMILES string of the molecule is O=C(NCCOc1ccc(F)cc1)c1cc(S(=O)(=O)N2CCOCC2)ccc1N1CCCCC1. The Hall–Kier alpha value is -2.69. The minimum absolute atomic E-state index is 0.0999. The maximum absolute atomic E-state index is 13.2. The minimum Gasteiger partial charge on any atom is -0.492 e. The quantitative estimate of drug-likeness (QED) is 0.572. The van der Waals surface area contributed by atoms with Gasteiger partial charge in [0, 0.05) is 31.9 Å². The summed E-state index contributed by atoms with van der Waals surface area (Å²) < 4.78 is 51.6. The van der Waals surface area contributed by atoms with E-state index in [4.69, 9.17) is 9.47 Å². The Morgan fingerprint density at radius 2 is 1.71 bits per heavy atom. The molecule has 0 saturated carbocycles. The Morgan fingerprint density at radius 3 is 2.41 bits per heavy atom. The van der Waals surface area contributed by atoms with E-state index in [1.807, 2.05) is 0 Å². The molecule has 0 atom stereocenters. The fraction of sp³-hybridized carbons (Fsp3) is 0.458. The molecule has 0 radical (unpaired) electrons. The number of ether oxygens (including phenoxy) is 2. The Kier molecular flexibility index (Phi) is 8.02. The molecule has 0 bridgehead atoms. The Labute approximate surface area is 199 Å². The van der Waals surface area contributed by atoms with Gasteiger partial charge < -0.3 is 19.7 Å². The average Bonchev–Trinajstić information content (AvgIpc) is 2.88. The average molecular weight is 492 g/mol. The fourth-order valence-corrected chi connectivity index (χ4v) is 5.60. The van der Waals surface area contributed by atoms with Crippen molar-refractivity contribution >= 4 is 21.6 Å². The van der Waals surface area contributed by atoms with E-state index < -0.39 is 10.0 Å². The number of amides is 1. The molecule has 0 spiro atoms. The zero-order valence-corrected chi connectivity index (χ0v) is 19.9. The van der Waals surface area contributed by atoms with Crippen molar-refractivity contribution in [3.8, 4) is 5.75 Å². The maximum atomic E-state index is 13.2. The highest BCUT2D eigenvalue weighted by atomic mass is 32.2. The van der Waals surface area contributed by atoms with Crippen molar-refractivity contribution in [1.29, 1.82) is 0 Å². The minimum atomic E-state index is -3.73. The number of piperidine rings is 1. The molecule has 2 saturated heterocycles. The number of anilines is 1. The molecule has 2 fully saturated rings. The van der Waals surface area contributed by atoms with Crippen molar-refractivity contribution in [3.63, 3.8) is 0 Å². The molecule has 0 aliphatic carbocycles. The first-order valence-electron chi connectivity index (χ1n) is 11.6. The van der Waals surface area contributed by atoms with Gasteiger partial charge in [-0.25, -0.2) is 12.8 Å². The summed E-state index contributed by atoms with van der Waals surface area (Å²) in [6, 6.07) is 10.5. The van der Waals surface area contributed by atoms with Crippen LogP contribution < -0.4 is 15.0 Å². The summed E-state index contributed by atoms with van der Waals surface area (Å²) in [5, 5.41) is 2.83. The number of carbonyl (C=O) groups is 1. The number of morpholine rings is 1. The van der Waals surface area contributed by atoms with Crippen LogP contribution in [0.25, 0.3) is 0 Å². The normalized spacial score (nSPS) is 17.4. The summed E-state index contributed by atoms with van der Waals surface area (Å²) in [7, 11) is -3.73. The molecular weight excluding hydrogens is 461 g/mol. The van der Waals surface area contributed by atoms with E-state index in [1.165, 1.54) is 34.6 Å². The first-order valence-corrected chi connectivity index (χ1v) is 13.0. The molecule has 1 N–H and O–H groups in total. The van der Waals surface area contributed by atoms with E-state index in [0.29, 0.717) is 37.6 Å². The predicted molar refractivity (Wildman–Crippen MR) is 126 cm³/mol. The van der Waals surface area contributed by atoms with E-state index in [0.717, 1.165) is 38.0 Å². The van der Waals surface area contributed by atoms with Crippen molar-refractivity contribution in [1.82, 2.24) is 9.62 Å². The van der Waals surface area contributed by atoms with Gasteiger partial charge in [-0.05, 0) is 61.7 Å². The number of hydrogen-bond donors (Lipinski definition) is 1. The van der Waals surface area contributed by atoms with Crippen LogP contribution in [0.4, 0.5) is 10.1 Å². The number of sulfonamides is 1. The summed E-state index contributed by atoms with van der Waals surface area (Å²) in [5.74, 6) is -0.205. The second-order valence-corrected chi connectivity index (χ2v) is 10.2. The highest BCUT2D eigenvalue weighted by Crippen LogP contribution is 2.28. The van der Waals surface area contributed by atoms with Gasteiger partial charge in [-0.1, -0.05) is 0 Å². The Balaban J connectivity index is 1.50. The van der Waals surface area contributed by atoms with Gasteiger partial charge in [-0.15, -0.1) is 0 Å². The van der Waals surface area contributed by atoms with Gasteiger partial charge in [0.05, 0.1) is 30.2 Å². The predicted octanol–water partition coefficient (Wildman–Crippen LogP) is 2.65. The summed E-state index contributed by atoms with van der Waals surface area (Å²) in [6.45, 7) is 3.35. The molecule has 0 aromatic heterocycles. The topological polar surface area (TPSA) is 88.2 Å². The van der Waals surface area contributed by atoms with Crippen LogP contribution in [0.1, 0.15) is 29.6 Å². The number of nitrogens with zero attached hydrogens (tertiary/aromatic N) is 2. The molecular formula is C24H30FN3O5S. The summed E-state index contributed by atoms with van der Waals surface area (Å²) >= 11 is 0. The highest BCUT2D eigenvalue weighted by molar-refractivity contribution is 7.89. The molecule has 1 amide bonds. The molecule has 8 nitrogen and oxygen atoms in total. The van der Waals surface area contributed by atoms with E-state index in [1.54, 1.807) is 12.1 Å². The van der Waals surface area contributed by atoms with Crippen LogP contribution in [0.3, 0.4) is 0 Å². The molecule has 2 aromatic carbocycles. The second kappa shape index (κ2) is 11.2. The van der Waals surface area contributed by atoms with Gasteiger partial charge >= 0.3 is 0 Å². The number of hydrogen-bond acceptors (Lipinski definition) is 6. The van der Waals surface area contributed by atoms with Gasteiger partial charge in [0.15, 0.2) is 0 Å². The van der Waals surface area contributed by atoms with Crippen molar-refractivity contribution in [2.75, 3.05) is 57.4 Å². The maximum Gasteiger partial charge on any atom is 0.253 e. The van der Waals surface area contributed by atoms with Crippen LogP contribution in [-0.2, 0) is 14.8 Å². The van der Waals surface area contributed by atoms with E-state index in [2.05, 4.69) is 10.2 Å². The third-order valence-corrected chi connectivity index (χ3v) is 7.88. The van der Waals surface area contributed by atoms with Crippen molar-refractivity contribution in [2.45, 2.75) is 24.2 Å². The van der Waals surface area contributed by atoms with Gasteiger partial charge in [-0.2, -0.15) is 4.31 Å². The number of rotatable bonds is 8. The zero-order chi connectivity index (χ0) is 24.0. The molecule has 4 rings (SSSR count). The van der Waals surface area contributed by atoms with E-state index >= 15 is 0 Å². The zero-order valence-electron chi connectivity index (χ0n) is 19.0. The lowest BCUT2D eigenvalue weighted by atomic mass is 10.1. The van der Waals surface area contributed by atoms with Crippen molar-refractivity contribution < 1.29 is 27.1 Å². The lowest BCUT2D eigenvalue weighted by molar-refractivity contribution is 0.0730. The molecule has 0 unspecified atom stereocenters. The number of benzene rings is 2. The smallest absolute Gasteiger partial charge is 0.253 e. The summed E-state index contributed by atoms with van der Waals surface area (Å²) in [4.78, 5) is 15.4. The summed E-state index contributed by atoms with van der Waals surface area (Å²) in [6.07, 6.45) is 3.20.